The zero-order valence-corrected chi connectivity index (χ0v) is 9.97. The SMILES string of the molecule is O=c1[nH]cnc(OCc2cccs2)c1Br. The largest absolute Gasteiger partial charge is 0.471 e. The highest BCUT2D eigenvalue weighted by molar-refractivity contribution is 9.10. The third-order valence-electron chi connectivity index (χ3n) is 1.70. The van der Waals surface area contributed by atoms with Crippen LogP contribution in [0.25, 0.3) is 0 Å². The van der Waals surface area contributed by atoms with Crippen LogP contribution in [-0.2, 0) is 6.61 Å². The van der Waals surface area contributed by atoms with Crippen LogP contribution in [-0.4, -0.2) is 9.97 Å². The van der Waals surface area contributed by atoms with Crippen LogP contribution in [0.15, 0.2) is 33.1 Å². The van der Waals surface area contributed by atoms with Gasteiger partial charge in [0.05, 0.1) is 6.33 Å². The number of H-pyrrole nitrogens is 1. The van der Waals surface area contributed by atoms with Crippen LogP contribution in [0.1, 0.15) is 4.88 Å². The van der Waals surface area contributed by atoms with E-state index in [0.29, 0.717) is 17.0 Å². The Morgan fingerprint density at radius 3 is 3.20 bits per heavy atom. The maximum Gasteiger partial charge on any atom is 0.268 e. The second-order valence-electron chi connectivity index (χ2n) is 2.72. The summed E-state index contributed by atoms with van der Waals surface area (Å²) in [5.74, 6) is 0.312. The van der Waals surface area contributed by atoms with E-state index >= 15 is 0 Å². The van der Waals surface area contributed by atoms with Gasteiger partial charge in [-0.15, -0.1) is 11.3 Å². The van der Waals surface area contributed by atoms with E-state index in [4.69, 9.17) is 4.74 Å². The van der Waals surface area contributed by atoms with Crippen molar-refractivity contribution in [2.45, 2.75) is 6.61 Å². The van der Waals surface area contributed by atoms with Gasteiger partial charge in [0.15, 0.2) is 0 Å². The molecule has 2 heterocycles. The van der Waals surface area contributed by atoms with E-state index in [1.807, 2.05) is 17.5 Å². The van der Waals surface area contributed by atoms with Crippen molar-refractivity contribution >= 4 is 27.3 Å². The predicted molar refractivity (Wildman–Crippen MR) is 61.2 cm³/mol. The molecule has 0 unspecified atom stereocenters. The van der Waals surface area contributed by atoms with Crippen LogP contribution in [0.3, 0.4) is 0 Å². The zero-order valence-electron chi connectivity index (χ0n) is 7.57. The molecular weight excluding hydrogens is 280 g/mol. The molecule has 0 radical (unpaired) electrons. The molecule has 15 heavy (non-hydrogen) atoms. The minimum Gasteiger partial charge on any atom is -0.471 e. The predicted octanol–water partition coefficient (Wildman–Crippen LogP) is 2.17. The number of halogens is 1. The highest BCUT2D eigenvalue weighted by atomic mass is 79.9. The number of ether oxygens (including phenoxy) is 1. The molecule has 0 spiro atoms. The fourth-order valence-electron chi connectivity index (χ4n) is 1.00. The van der Waals surface area contributed by atoms with Crippen LogP contribution in [0.5, 0.6) is 5.88 Å². The van der Waals surface area contributed by atoms with Gasteiger partial charge in [-0.2, -0.15) is 0 Å². The molecule has 6 heteroatoms. The highest BCUT2D eigenvalue weighted by Gasteiger charge is 2.06. The lowest BCUT2D eigenvalue weighted by atomic mass is 10.5. The summed E-state index contributed by atoms with van der Waals surface area (Å²) < 4.78 is 5.72. The van der Waals surface area contributed by atoms with Crippen molar-refractivity contribution in [1.82, 2.24) is 9.97 Å². The van der Waals surface area contributed by atoms with E-state index < -0.39 is 0 Å². The summed E-state index contributed by atoms with van der Waals surface area (Å²) in [5, 5.41) is 1.97. The molecule has 2 aromatic rings. The minimum atomic E-state index is -0.244. The number of aromatic nitrogens is 2. The van der Waals surface area contributed by atoms with E-state index in [-0.39, 0.29) is 5.56 Å². The van der Waals surface area contributed by atoms with E-state index in [9.17, 15) is 4.79 Å². The minimum absolute atomic E-state index is 0.244. The van der Waals surface area contributed by atoms with Crippen molar-refractivity contribution in [2.24, 2.45) is 0 Å². The third kappa shape index (κ3) is 2.45. The molecule has 0 fully saturated rings. The summed E-state index contributed by atoms with van der Waals surface area (Å²) in [6, 6.07) is 3.91. The van der Waals surface area contributed by atoms with Gasteiger partial charge in [-0.25, -0.2) is 4.98 Å². The Bertz CT molecular complexity index is 495. The number of aromatic amines is 1. The first-order valence-corrected chi connectivity index (χ1v) is 5.83. The Morgan fingerprint density at radius 2 is 2.47 bits per heavy atom. The van der Waals surface area contributed by atoms with Crippen molar-refractivity contribution in [3.8, 4) is 5.88 Å². The first kappa shape index (κ1) is 10.4. The molecule has 0 bridgehead atoms. The molecular formula is C9H7BrN2O2S. The topological polar surface area (TPSA) is 55.0 Å². The first-order chi connectivity index (χ1) is 7.27. The molecule has 1 N–H and O–H groups in total. The first-order valence-electron chi connectivity index (χ1n) is 4.16. The molecule has 0 aliphatic rings. The molecule has 2 rings (SSSR count). The number of hydrogen-bond acceptors (Lipinski definition) is 4. The van der Waals surface area contributed by atoms with Crippen molar-refractivity contribution in [1.29, 1.82) is 0 Å². The zero-order chi connectivity index (χ0) is 10.7. The number of nitrogens with zero attached hydrogens (tertiary/aromatic N) is 1. The van der Waals surface area contributed by atoms with Gasteiger partial charge in [-0.1, -0.05) is 6.07 Å². The Hall–Kier alpha value is -1.14. The lowest BCUT2D eigenvalue weighted by molar-refractivity contribution is 0.294. The van der Waals surface area contributed by atoms with Gasteiger partial charge in [-0.3, -0.25) is 4.79 Å². The van der Waals surface area contributed by atoms with Gasteiger partial charge in [0.1, 0.15) is 11.1 Å². The number of nitrogens with one attached hydrogen (secondary N) is 1. The average molecular weight is 287 g/mol. The molecule has 0 saturated heterocycles. The maximum absolute atomic E-state index is 11.2. The van der Waals surface area contributed by atoms with Gasteiger partial charge < -0.3 is 9.72 Å². The Morgan fingerprint density at radius 1 is 1.60 bits per heavy atom. The molecule has 78 valence electrons. The number of rotatable bonds is 3. The summed E-state index contributed by atoms with van der Waals surface area (Å²) in [6.07, 6.45) is 1.32. The maximum atomic E-state index is 11.2. The smallest absolute Gasteiger partial charge is 0.268 e. The van der Waals surface area contributed by atoms with E-state index in [1.54, 1.807) is 11.3 Å². The van der Waals surface area contributed by atoms with Crippen molar-refractivity contribution in [2.75, 3.05) is 0 Å². The van der Waals surface area contributed by atoms with Crippen LogP contribution in [0.2, 0.25) is 0 Å². The Labute approximate surface area is 98.1 Å². The molecule has 0 saturated carbocycles. The van der Waals surface area contributed by atoms with E-state index in [2.05, 4.69) is 25.9 Å². The molecule has 0 atom stereocenters. The summed E-state index contributed by atoms with van der Waals surface area (Å²) >= 11 is 4.71. The lowest BCUT2D eigenvalue weighted by Gasteiger charge is -2.03. The molecule has 0 aromatic carbocycles. The monoisotopic (exact) mass is 286 g/mol. The van der Waals surface area contributed by atoms with E-state index in [1.165, 1.54) is 6.33 Å². The van der Waals surface area contributed by atoms with Gasteiger partial charge in [0.2, 0.25) is 5.88 Å². The second kappa shape index (κ2) is 4.59. The molecule has 2 aromatic heterocycles. The summed E-state index contributed by atoms with van der Waals surface area (Å²) in [7, 11) is 0. The summed E-state index contributed by atoms with van der Waals surface area (Å²) in [4.78, 5) is 18.6. The lowest BCUT2D eigenvalue weighted by Crippen LogP contribution is -2.09. The molecule has 0 aliphatic carbocycles. The fraction of sp³-hybridized carbons (Fsp3) is 0.111. The second-order valence-corrected chi connectivity index (χ2v) is 4.54. The van der Waals surface area contributed by atoms with Crippen LogP contribution >= 0.6 is 27.3 Å². The molecule has 4 nitrogen and oxygen atoms in total. The van der Waals surface area contributed by atoms with E-state index in [0.717, 1.165) is 4.88 Å². The third-order valence-corrected chi connectivity index (χ3v) is 3.25. The van der Waals surface area contributed by atoms with Crippen molar-refractivity contribution < 1.29 is 4.74 Å². The molecule has 0 amide bonds. The fourth-order valence-corrected chi connectivity index (χ4v) is 1.95. The quantitative estimate of drug-likeness (QED) is 0.941. The highest BCUT2D eigenvalue weighted by Crippen LogP contribution is 2.18. The Balaban J connectivity index is 2.12. The average Bonchev–Trinajstić information content (AvgIpc) is 2.73. The number of hydrogen-bond donors (Lipinski definition) is 1. The van der Waals surface area contributed by atoms with Gasteiger partial charge in [-0.05, 0) is 27.4 Å². The van der Waals surface area contributed by atoms with Crippen molar-refractivity contribution in [3.63, 3.8) is 0 Å². The van der Waals surface area contributed by atoms with Crippen LogP contribution < -0.4 is 10.3 Å². The molecule has 0 aliphatic heterocycles. The normalized spacial score (nSPS) is 10.2. The number of thiophene rings is 1. The van der Waals surface area contributed by atoms with Crippen LogP contribution in [0.4, 0.5) is 0 Å². The van der Waals surface area contributed by atoms with Gasteiger partial charge in [0.25, 0.3) is 5.56 Å². The van der Waals surface area contributed by atoms with Gasteiger partial charge in [0, 0.05) is 4.88 Å². The summed E-state index contributed by atoms with van der Waals surface area (Å²) in [5.41, 5.74) is -0.244. The standard InChI is InChI=1S/C9H7BrN2O2S/c10-7-8(13)11-5-12-9(7)14-4-6-2-1-3-15-6/h1-3,5H,4H2,(H,11,12,13). The Kier molecular flexibility index (Phi) is 3.17. The summed E-state index contributed by atoms with van der Waals surface area (Å²) in [6.45, 7) is 0.423. The van der Waals surface area contributed by atoms with Gasteiger partial charge >= 0.3 is 0 Å². The van der Waals surface area contributed by atoms with Crippen molar-refractivity contribution in [3.05, 3.63) is 43.5 Å². The van der Waals surface area contributed by atoms with Crippen LogP contribution in [0, 0.1) is 0 Å².